The third kappa shape index (κ3) is 7.31. The lowest BCUT2D eigenvalue weighted by Gasteiger charge is -2.39. The average molecular weight is 401 g/mol. The molecule has 0 bridgehead atoms. The average Bonchev–Trinajstić information content (AvgIpc) is 2.74. The van der Waals surface area contributed by atoms with Crippen LogP contribution in [0, 0.1) is 5.92 Å². The number of carbonyl (C=O) groups excluding carboxylic acids is 1. The molecular formula is C24H40N4O. The minimum atomic E-state index is 0.180. The second-order valence-corrected chi connectivity index (χ2v) is 9.04. The van der Waals surface area contributed by atoms with E-state index < -0.39 is 0 Å². The number of carbonyl (C=O) groups is 1. The number of rotatable bonds is 9. The number of amides is 1. The van der Waals surface area contributed by atoms with Crippen molar-refractivity contribution in [3.63, 3.8) is 0 Å². The summed E-state index contributed by atoms with van der Waals surface area (Å²) in [5.41, 5.74) is 1.22. The molecule has 0 radical (unpaired) electrons. The van der Waals surface area contributed by atoms with Crippen molar-refractivity contribution >= 4 is 11.6 Å². The molecule has 2 atom stereocenters. The monoisotopic (exact) mass is 400 g/mol. The van der Waals surface area contributed by atoms with Crippen molar-refractivity contribution in [1.82, 2.24) is 15.1 Å². The van der Waals surface area contributed by atoms with Crippen LogP contribution >= 0.6 is 0 Å². The van der Waals surface area contributed by atoms with Gasteiger partial charge in [-0.15, -0.1) is 0 Å². The third-order valence-electron chi connectivity index (χ3n) is 6.59. The second-order valence-electron chi connectivity index (χ2n) is 9.04. The van der Waals surface area contributed by atoms with E-state index in [-0.39, 0.29) is 5.91 Å². The maximum Gasteiger partial charge on any atom is 0.234 e. The molecule has 1 N–H and O–H groups in total. The molecule has 29 heavy (non-hydrogen) atoms. The fraction of sp³-hybridized carbons (Fsp3) is 0.708. The Bertz CT molecular complexity index is 608. The predicted octanol–water partition coefficient (Wildman–Crippen LogP) is 3.22. The summed E-state index contributed by atoms with van der Waals surface area (Å²) in [6.45, 7) is 9.25. The van der Waals surface area contributed by atoms with Crippen LogP contribution in [-0.2, 0) is 4.79 Å². The van der Waals surface area contributed by atoms with E-state index in [0.29, 0.717) is 6.54 Å². The highest BCUT2D eigenvalue weighted by Gasteiger charge is 2.26. The lowest BCUT2D eigenvalue weighted by atomic mass is 9.95. The topological polar surface area (TPSA) is 38.8 Å². The van der Waals surface area contributed by atoms with Gasteiger partial charge in [-0.1, -0.05) is 24.6 Å². The van der Waals surface area contributed by atoms with Crippen molar-refractivity contribution in [2.75, 3.05) is 57.8 Å². The standard InChI is InChI=1S/C24H40N4O/c1-21-10-6-7-17-28(21)19-22-11-8-16-27(18-22)20-24(29)25-14-9-15-26(2)23-12-4-3-5-13-23/h3-5,12-13,21-22H,6-11,14-20H2,1-2H3,(H,25,29). The Labute approximate surface area is 177 Å². The molecule has 0 spiro atoms. The third-order valence-corrected chi connectivity index (χ3v) is 6.59. The lowest BCUT2D eigenvalue weighted by Crippen LogP contribution is -2.47. The van der Waals surface area contributed by atoms with Crippen molar-refractivity contribution < 1.29 is 4.79 Å². The van der Waals surface area contributed by atoms with Crippen molar-refractivity contribution in [1.29, 1.82) is 0 Å². The lowest BCUT2D eigenvalue weighted by molar-refractivity contribution is -0.122. The Balaban J connectivity index is 1.31. The van der Waals surface area contributed by atoms with Crippen LogP contribution < -0.4 is 10.2 Å². The van der Waals surface area contributed by atoms with Gasteiger partial charge in [-0.2, -0.15) is 0 Å². The molecule has 2 saturated heterocycles. The van der Waals surface area contributed by atoms with Crippen molar-refractivity contribution in [2.24, 2.45) is 5.92 Å². The number of likely N-dealkylation sites (tertiary alicyclic amines) is 2. The molecule has 1 aromatic rings. The molecule has 2 aliphatic heterocycles. The number of nitrogens with zero attached hydrogens (tertiary/aromatic N) is 3. The Hall–Kier alpha value is -1.59. The van der Waals surface area contributed by atoms with Crippen LogP contribution in [0.5, 0.6) is 0 Å². The van der Waals surface area contributed by atoms with Gasteiger partial charge in [0.1, 0.15) is 0 Å². The summed E-state index contributed by atoms with van der Waals surface area (Å²) in [5.74, 6) is 0.899. The molecule has 162 valence electrons. The number of para-hydroxylation sites is 1. The fourth-order valence-corrected chi connectivity index (χ4v) is 4.82. The summed E-state index contributed by atoms with van der Waals surface area (Å²) in [5, 5.41) is 3.12. The zero-order valence-electron chi connectivity index (χ0n) is 18.5. The molecule has 0 aromatic heterocycles. The van der Waals surface area contributed by atoms with Crippen molar-refractivity contribution in [3.8, 4) is 0 Å². The minimum absolute atomic E-state index is 0.180. The fourth-order valence-electron chi connectivity index (χ4n) is 4.82. The van der Waals surface area contributed by atoms with E-state index in [4.69, 9.17) is 0 Å². The van der Waals surface area contributed by atoms with Gasteiger partial charge in [-0.05, 0) is 70.2 Å². The number of benzene rings is 1. The van der Waals surface area contributed by atoms with Gasteiger partial charge in [0.25, 0.3) is 0 Å². The maximum absolute atomic E-state index is 12.4. The highest BCUT2D eigenvalue weighted by Crippen LogP contribution is 2.22. The van der Waals surface area contributed by atoms with Gasteiger partial charge in [0.2, 0.25) is 5.91 Å². The summed E-state index contributed by atoms with van der Waals surface area (Å²) in [7, 11) is 2.11. The zero-order chi connectivity index (χ0) is 20.5. The van der Waals surface area contributed by atoms with Gasteiger partial charge >= 0.3 is 0 Å². The molecule has 0 aliphatic carbocycles. The highest BCUT2D eigenvalue weighted by molar-refractivity contribution is 5.78. The molecule has 2 heterocycles. The molecule has 2 unspecified atom stereocenters. The molecule has 5 heteroatoms. The first kappa shape index (κ1) is 22.1. The van der Waals surface area contributed by atoms with Gasteiger partial charge in [0.15, 0.2) is 0 Å². The summed E-state index contributed by atoms with van der Waals surface area (Å²) in [6, 6.07) is 11.1. The predicted molar refractivity (Wildman–Crippen MR) is 121 cm³/mol. The quantitative estimate of drug-likeness (QED) is 0.646. The van der Waals surface area contributed by atoms with Crippen LogP contribution in [0.1, 0.15) is 45.4 Å². The summed E-state index contributed by atoms with van der Waals surface area (Å²) >= 11 is 0. The first-order valence-corrected chi connectivity index (χ1v) is 11.6. The van der Waals surface area contributed by atoms with Crippen LogP contribution in [-0.4, -0.2) is 74.6 Å². The van der Waals surface area contributed by atoms with Crippen molar-refractivity contribution in [3.05, 3.63) is 30.3 Å². The Morgan fingerprint density at radius 3 is 2.76 bits per heavy atom. The van der Waals surface area contributed by atoms with E-state index in [1.54, 1.807) is 0 Å². The Kier molecular flexibility index (Phi) is 8.81. The molecule has 2 fully saturated rings. The van der Waals surface area contributed by atoms with Crippen LogP contribution in [0.25, 0.3) is 0 Å². The maximum atomic E-state index is 12.4. The normalized spacial score (nSPS) is 23.7. The van der Waals surface area contributed by atoms with E-state index in [2.05, 4.69) is 58.3 Å². The first-order chi connectivity index (χ1) is 14.1. The van der Waals surface area contributed by atoms with Crippen LogP contribution in [0.4, 0.5) is 5.69 Å². The number of hydrogen-bond donors (Lipinski definition) is 1. The van der Waals surface area contributed by atoms with Gasteiger partial charge in [-0.25, -0.2) is 0 Å². The number of hydrogen-bond acceptors (Lipinski definition) is 4. The van der Waals surface area contributed by atoms with E-state index in [1.807, 2.05) is 6.07 Å². The Morgan fingerprint density at radius 2 is 1.97 bits per heavy atom. The SMILES string of the molecule is CC1CCCCN1CC1CCCN(CC(=O)NCCCN(C)c2ccccc2)C1. The zero-order valence-corrected chi connectivity index (χ0v) is 18.5. The summed E-state index contributed by atoms with van der Waals surface area (Å²) < 4.78 is 0. The second kappa shape index (κ2) is 11.6. The van der Waals surface area contributed by atoms with Crippen LogP contribution in [0.3, 0.4) is 0 Å². The molecule has 1 amide bonds. The van der Waals surface area contributed by atoms with Gasteiger partial charge in [-0.3, -0.25) is 9.69 Å². The first-order valence-electron chi connectivity index (χ1n) is 11.6. The van der Waals surface area contributed by atoms with Crippen LogP contribution in [0.2, 0.25) is 0 Å². The molecule has 5 nitrogen and oxygen atoms in total. The number of nitrogens with one attached hydrogen (secondary N) is 1. The van der Waals surface area contributed by atoms with Gasteiger partial charge in [0.05, 0.1) is 6.54 Å². The van der Waals surface area contributed by atoms with E-state index in [9.17, 15) is 4.79 Å². The largest absolute Gasteiger partial charge is 0.375 e. The molecule has 0 saturated carbocycles. The minimum Gasteiger partial charge on any atom is -0.375 e. The number of anilines is 1. The van der Waals surface area contributed by atoms with E-state index in [1.165, 1.54) is 50.9 Å². The van der Waals surface area contributed by atoms with Gasteiger partial charge < -0.3 is 15.1 Å². The molecule has 3 rings (SSSR count). The molecule has 2 aliphatic rings. The molecule has 1 aromatic carbocycles. The van der Waals surface area contributed by atoms with Crippen molar-refractivity contribution in [2.45, 2.75) is 51.5 Å². The highest BCUT2D eigenvalue weighted by atomic mass is 16.2. The van der Waals surface area contributed by atoms with Gasteiger partial charge in [0, 0.05) is 45.0 Å². The number of piperidine rings is 2. The van der Waals surface area contributed by atoms with Crippen LogP contribution in [0.15, 0.2) is 30.3 Å². The summed E-state index contributed by atoms with van der Waals surface area (Å²) in [6.07, 6.45) is 7.58. The summed E-state index contributed by atoms with van der Waals surface area (Å²) in [4.78, 5) is 19.7. The Morgan fingerprint density at radius 1 is 1.14 bits per heavy atom. The molecular weight excluding hydrogens is 360 g/mol. The smallest absolute Gasteiger partial charge is 0.234 e. The van der Waals surface area contributed by atoms with E-state index >= 15 is 0 Å². The van der Waals surface area contributed by atoms with E-state index in [0.717, 1.165) is 44.6 Å².